The lowest BCUT2D eigenvalue weighted by Gasteiger charge is -2.04. The van der Waals surface area contributed by atoms with Crippen molar-refractivity contribution in [3.63, 3.8) is 0 Å². The number of halogens is 1. The Morgan fingerprint density at radius 3 is 2.47 bits per heavy atom. The first kappa shape index (κ1) is 12.3. The minimum atomic E-state index is 0.707. The van der Waals surface area contributed by atoms with Crippen LogP contribution in [0.4, 0.5) is 5.95 Å². The van der Waals surface area contributed by atoms with E-state index in [1.165, 1.54) is 5.56 Å². The summed E-state index contributed by atoms with van der Waals surface area (Å²) in [5.74, 6) is 0.707. The summed E-state index contributed by atoms with van der Waals surface area (Å²) >= 11 is 2.20. The van der Waals surface area contributed by atoms with Crippen LogP contribution in [0.2, 0.25) is 0 Å². The minimum Gasteiger partial charge on any atom is -0.354 e. The highest BCUT2D eigenvalue weighted by Gasteiger charge is 1.95. The SMILES string of the molecule is Ic1cnc(NCCCc2ccccc2)nc1. The number of hydrogen-bond donors (Lipinski definition) is 1. The zero-order valence-corrected chi connectivity index (χ0v) is 11.6. The Kier molecular flexibility index (Phi) is 4.73. The molecule has 1 heterocycles. The monoisotopic (exact) mass is 339 g/mol. The van der Waals surface area contributed by atoms with E-state index in [1.54, 1.807) is 0 Å². The summed E-state index contributed by atoms with van der Waals surface area (Å²) in [5.41, 5.74) is 1.37. The number of nitrogens with one attached hydrogen (secondary N) is 1. The summed E-state index contributed by atoms with van der Waals surface area (Å²) in [5, 5.41) is 3.22. The van der Waals surface area contributed by atoms with E-state index < -0.39 is 0 Å². The van der Waals surface area contributed by atoms with E-state index in [4.69, 9.17) is 0 Å². The van der Waals surface area contributed by atoms with Gasteiger partial charge in [-0.05, 0) is 41.0 Å². The molecule has 0 amide bonds. The molecule has 2 aromatic rings. The molecule has 0 atom stereocenters. The second-order valence-corrected chi connectivity index (χ2v) is 4.99. The van der Waals surface area contributed by atoms with Gasteiger partial charge in [0.15, 0.2) is 0 Å². The fourth-order valence-electron chi connectivity index (χ4n) is 1.54. The van der Waals surface area contributed by atoms with Gasteiger partial charge in [-0.15, -0.1) is 0 Å². The maximum Gasteiger partial charge on any atom is 0.222 e. The van der Waals surface area contributed by atoms with Crippen molar-refractivity contribution in [2.75, 3.05) is 11.9 Å². The molecule has 0 unspecified atom stereocenters. The Labute approximate surface area is 115 Å². The van der Waals surface area contributed by atoms with Gasteiger partial charge in [-0.1, -0.05) is 30.3 Å². The van der Waals surface area contributed by atoms with Gasteiger partial charge in [0, 0.05) is 22.5 Å². The van der Waals surface area contributed by atoms with E-state index in [9.17, 15) is 0 Å². The van der Waals surface area contributed by atoms with Crippen molar-refractivity contribution in [3.05, 3.63) is 51.9 Å². The van der Waals surface area contributed by atoms with Crippen LogP contribution in [0, 0.1) is 3.57 Å². The van der Waals surface area contributed by atoms with Gasteiger partial charge in [0.25, 0.3) is 0 Å². The minimum absolute atomic E-state index is 0.707. The molecule has 1 N–H and O–H groups in total. The standard InChI is InChI=1S/C13H14IN3/c14-12-9-16-13(17-10-12)15-8-4-7-11-5-2-1-3-6-11/h1-3,5-6,9-10H,4,7-8H2,(H,15,16,17). The molecule has 0 aliphatic carbocycles. The van der Waals surface area contributed by atoms with Crippen molar-refractivity contribution < 1.29 is 0 Å². The molecule has 0 aliphatic rings. The average molecular weight is 339 g/mol. The predicted molar refractivity (Wildman–Crippen MR) is 78.0 cm³/mol. The lowest BCUT2D eigenvalue weighted by molar-refractivity contribution is 0.852. The summed E-state index contributed by atoms with van der Waals surface area (Å²) < 4.78 is 1.05. The second kappa shape index (κ2) is 6.54. The Morgan fingerprint density at radius 1 is 1.06 bits per heavy atom. The topological polar surface area (TPSA) is 37.8 Å². The molecule has 0 fully saturated rings. The lowest BCUT2D eigenvalue weighted by atomic mass is 10.1. The Bertz CT molecular complexity index is 442. The van der Waals surface area contributed by atoms with Crippen LogP contribution in [0.1, 0.15) is 12.0 Å². The third-order valence-electron chi connectivity index (χ3n) is 2.39. The van der Waals surface area contributed by atoms with E-state index in [0.717, 1.165) is 23.0 Å². The molecular weight excluding hydrogens is 325 g/mol. The molecule has 1 aromatic heterocycles. The molecule has 4 heteroatoms. The highest BCUT2D eigenvalue weighted by Crippen LogP contribution is 2.04. The van der Waals surface area contributed by atoms with Gasteiger partial charge in [-0.25, -0.2) is 9.97 Å². The molecule has 0 radical (unpaired) electrons. The van der Waals surface area contributed by atoms with Crippen LogP contribution in [0.3, 0.4) is 0 Å². The van der Waals surface area contributed by atoms with E-state index in [-0.39, 0.29) is 0 Å². The number of aromatic nitrogens is 2. The molecule has 1 aromatic carbocycles. The van der Waals surface area contributed by atoms with Gasteiger partial charge in [0.2, 0.25) is 5.95 Å². The first-order chi connectivity index (χ1) is 8.34. The predicted octanol–water partition coefficient (Wildman–Crippen LogP) is 3.13. The number of nitrogens with zero attached hydrogens (tertiary/aromatic N) is 2. The quantitative estimate of drug-likeness (QED) is 0.672. The smallest absolute Gasteiger partial charge is 0.222 e. The molecule has 0 saturated carbocycles. The summed E-state index contributed by atoms with van der Waals surface area (Å²) in [6.07, 6.45) is 5.79. The molecule has 0 saturated heterocycles. The number of hydrogen-bond acceptors (Lipinski definition) is 3. The summed E-state index contributed by atoms with van der Waals surface area (Å²) in [7, 11) is 0. The Morgan fingerprint density at radius 2 is 1.76 bits per heavy atom. The molecule has 0 bridgehead atoms. The highest BCUT2D eigenvalue weighted by atomic mass is 127. The number of benzene rings is 1. The molecule has 17 heavy (non-hydrogen) atoms. The zero-order chi connectivity index (χ0) is 11.9. The van der Waals surface area contributed by atoms with Crippen molar-refractivity contribution >= 4 is 28.5 Å². The van der Waals surface area contributed by atoms with E-state index in [1.807, 2.05) is 18.5 Å². The van der Waals surface area contributed by atoms with E-state index >= 15 is 0 Å². The normalized spacial score (nSPS) is 10.2. The first-order valence-corrected chi connectivity index (χ1v) is 6.68. The number of anilines is 1. The van der Waals surface area contributed by atoms with Crippen LogP contribution >= 0.6 is 22.6 Å². The van der Waals surface area contributed by atoms with Gasteiger partial charge in [-0.3, -0.25) is 0 Å². The second-order valence-electron chi connectivity index (χ2n) is 3.74. The average Bonchev–Trinajstić information content (AvgIpc) is 2.38. The van der Waals surface area contributed by atoms with Crippen molar-refractivity contribution in [1.82, 2.24) is 9.97 Å². The third kappa shape index (κ3) is 4.30. The van der Waals surface area contributed by atoms with Crippen LogP contribution in [0.5, 0.6) is 0 Å². The third-order valence-corrected chi connectivity index (χ3v) is 2.95. The molecule has 88 valence electrons. The number of rotatable bonds is 5. The van der Waals surface area contributed by atoms with Gasteiger partial charge in [0.1, 0.15) is 0 Å². The van der Waals surface area contributed by atoms with Crippen molar-refractivity contribution in [3.8, 4) is 0 Å². The van der Waals surface area contributed by atoms with Crippen LogP contribution in [-0.4, -0.2) is 16.5 Å². The molecule has 0 spiro atoms. The number of aryl methyl sites for hydroxylation is 1. The van der Waals surface area contributed by atoms with Crippen LogP contribution in [-0.2, 0) is 6.42 Å². The molecular formula is C13H14IN3. The van der Waals surface area contributed by atoms with Gasteiger partial charge < -0.3 is 5.32 Å². The first-order valence-electron chi connectivity index (χ1n) is 5.60. The largest absolute Gasteiger partial charge is 0.354 e. The highest BCUT2D eigenvalue weighted by molar-refractivity contribution is 14.1. The summed E-state index contributed by atoms with van der Waals surface area (Å²) in [4.78, 5) is 8.39. The van der Waals surface area contributed by atoms with Crippen LogP contribution < -0.4 is 5.32 Å². The maximum atomic E-state index is 4.19. The van der Waals surface area contributed by atoms with E-state index in [2.05, 4.69) is 62.1 Å². The zero-order valence-electron chi connectivity index (χ0n) is 9.44. The Hall–Kier alpha value is -1.17. The van der Waals surface area contributed by atoms with Gasteiger partial charge >= 0.3 is 0 Å². The van der Waals surface area contributed by atoms with Gasteiger partial charge in [-0.2, -0.15) is 0 Å². The molecule has 3 nitrogen and oxygen atoms in total. The van der Waals surface area contributed by atoms with Crippen LogP contribution in [0.25, 0.3) is 0 Å². The Balaban J connectivity index is 1.71. The molecule has 2 rings (SSSR count). The van der Waals surface area contributed by atoms with Crippen molar-refractivity contribution in [2.24, 2.45) is 0 Å². The van der Waals surface area contributed by atoms with E-state index in [0.29, 0.717) is 5.95 Å². The summed E-state index contributed by atoms with van der Waals surface area (Å²) in [6.45, 7) is 0.898. The maximum absolute atomic E-state index is 4.19. The lowest BCUT2D eigenvalue weighted by Crippen LogP contribution is -2.06. The van der Waals surface area contributed by atoms with Crippen molar-refractivity contribution in [2.45, 2.75) is 12.8 Å². The summed E-state index contributed by atoms with van der Waals surface area (Å²) in [6, 6.07) is 10.5. The van der Waals surface area contributed by atoms with Gasteiger partial charge in [0.05, 0.1) is 0 Å². The van der Waals surface area contributed by atoms with Crippen LogP contribution in [0.15, 0.2) is 42.7 Å². The van der Waals surface area contributed by atoms with Crippen molar-refractivity contribution in [1.29, 1.82) is 0 Å². The molecule has 0 aliphatic heterocycles. The fourth-order valence-corrected chi connectivity index (χ4v) is 1.82. The fraction of sp³-hybridized carbons (Fsp3) is 0.231.